The molecule has 1 atom stereocenters. The lowest BCUT2D eigenvalue weighted by Gasteiger charge is -2.33. The number of rotatable bonds is 4. The zero-order valence-electron chi connectivity index (χ0n) is 12.5. The summed E-state index contributed by atoms with van der Waals surface area (Å²) in [5.74, 6) is 1.71. The molecule has 2 aromatic rings. The SMILES string of the molecule is COCC1CN(c2cc(OC)ncn2)Cc2c1cnn2C. The molecule has 0 saturated heterocycles. The fraction of sp³-hybridized carbons (Fsp3) is 0.500. The molecular formula is C14H19N5O2. The maximum absolute atomic E-state index is 5.36. The molecule has 112 valence electrons. The van der Waals surface area contributed by atoms with Crippen LogP contribution in [0.4, 0.5) is 5.82 Å². The molecule has 3 rings (SSSR count). The van der Waals surface area contributed by atoms with Crippen molar-refractivity contribution >= 4 is 5.82 Å². The number of hydrogen-bond donors (Lipinski definition) is 0. The topological polar surface area (TPSA) is 65.3 Å². The van der Waals surface area contributed by atoms with E-state index in [0.717, 1.165) is 18.9 Å². The van der Waals surface area contributed by atoms with Gasteiger partial charge in [-0.3, -0.25) is 4.68 Å². The van der Waals surface area contributed by atoms with Crippen molar-refractivity contribution in [2.45, 2.75) is 12.5 Å². The Morgan fingerprint density at radius 1 is 1.33 bits per heavy atom. The largest absolute Gasteiger partial charge is 0.481 e. The van der Waals surface area contributed by atoms with E-state index in [2.05, 4.69) is 20.0 Å². The van der Waals surface area contributed by atoms with Crippen LogP contribution in [0.2, 0.25) is 0 Å². The number of aryl methyl sites for hydroxylation is 1. The predicted octanol–water partition coefficient (Wildman–Crippen LogP) is 0.969. The summed E-state index contributed by atoms with van der Waals surface area (Å²) in [7, 11) is 5.30. The van der Waals surface area contributed by atoms with Gasteiger partial charge in [0.15, 0.2) is 0 Å². The number of anilines is 1. The lowest BCUT2D eigenvalue weighted by Crippen LogP contribution is -2.36. The molecule has 1 unspecified atom stereocenters. The van der Waals surface area contributed by atoms with Gasteiger partial charge in [-0.15, -0.1) is 0 Å². The first-order chi connectivity index (χ1) is 10.2. The van der Waals surface area contributed by atoms with E-state index < -0.39 is 0 Å². The molecule has 0 aliphatic carbocycles. The molecule has 0 radical (unpaired) electrons. The monoisotopic (exact) mass is 289 g/mol. The second kappa shape index (κ2) is 5.69. The molecule has 0 fully saturated rings. The van der Waals surface area contributed by atoms with Crippen molar-refractivity contribution in [3.05, 3.63) is 29.8 Å². The van der Waals surface area contributed by atoms with Gasteiger partial charge in [-0.25, -0.2) is 9.97 Å². The second-order valence-electron chi connectivity index (χ2n) is 5.12. The molecule has 0 amide bonds. The highest BCUT2D eigenvalue weighted by atomic mass is 16.5. The summed E-state index contributed by atoms with van der Waals surface area (Å²) in [5.41, 5.74) is 2.46. The number of ether oxygens (including phenoxy) is 2. The van der Waals surface area contributed by atoms with Gasteiger partial charge in [-0.1, -0.05) is 0 Å². The van der Waals surface area contributed by atoms with E-state index in [9.17, 15) is 0 Å². The first kappa shape index (κ1) is 13.8. The van der Waals surface area contributed by atoms with E-state index in [1.165, 1.54) is 17.6 Å². The summed E-state index contributed by atoms with van der Waals surface area (Å²) in [5, 5.41) is 4.37. The Morgan fingerprint density at radius 2 is 2.19 bits per heavy atom. The first-order valence-electron chi connectivity index (χ1n) is 6.83. The van der Waals surface area contributed by atoms with Gasteiger partial charge in [0.1, 0.15) is 12.1 Å². The van der Waals surface area contributed by atoms with Crippen LogP contribution in [0, 0.1) is 0 Å². The van der Waals surface area contributed by atoms with Crippen LogP contribution < -0.4 is 9.64 Å². The summed E-state index contributed by atoms with van der Waals surface area (Å²) in [6, 6.07) is 1.85. The summed E-state index contributed by atoms with van der Waals surface area (Å²) in [6.45, 7) is 2.27. The molecule has 0 bridgehead atoms. The summed E-state index contributed by atoms with van der Waals surface area (Å²) >= 11 is 0. The molecule has 0 spiro atoms. The third-order valence-electron chi connectivity index (χ3n) is 3.84. The fourth-order valence-corrected chi connectivity index (χ4v) is 2.76. The predicted molar refractivity (Wildman–Crippen MR) is 77.5 cm³/mol. The number of nitrogens with zero attached hydrogens (tertiary/aromatic N) is 5. The maximum atomic E-state index is 5.36. The third kappa shape index (κ3) is 2.56. The third-order valence-corrected chi connectivity index (χ3v) is 3.84. The van der Waals surface area contributed by atoms with Crippen LogP contribution in [-0.4, -0.2) is 47.1 Å². The molecule has 21 heavy (non-hydrogen) atoms. The minimum Gasteiger partial charge on any atom is -0.481 e. The Bertz CT molecular complexity index is 628. The molecule has 1 aliphatic heterocycles. The van der Waals surface area contributed by atoms with Gasteiger partial charge in [0.2, 0.25) is 5.88 Å². The minimum absolute atomic E-state index is 0.286. The van der Waals surface area contributed by atoms with Crippen LogP contribution in [0.15, 0.2) is 18.6 Å². The van der Waals surface area contributed by atoms with E-state index >= 15 is 0 Å². The smallest absolute Gasteiger partial charge is 0.218 e. The summed E-state index contributed by atoms with van der Waals surface area (Å²) < 4.78 is 12.5. The quantitative estimate of drug-likeness (QED) is 0.835. The molecule has 0 aromatic carbocycles. The van der Waals surface area contributed by atoms with Crippen LogP contribution in [-0.2, 0) is 18.3 Å². The number of methoxy groups -OCH3 is 2. The van der Waals surface area contributed by atoms with Crippen molar-refractivity contribution in [2.75, 3.05) is 32.3 Å². The molecule has 0 N–H and O–H groups in total. The van der Waals surface area contributed by atoms with Gasteiger partial charge in [-0.2, -0.15) is 5.10 Å². The Balaban J connectivity index is 1.93. The maximum Gasteiger partial charge on any atom is 0.218 e. The van der Waals surface area contributed by atoms with Crippen molar-refractivity contribution < 1.29 is 9.47 Å². The average Bonchev–Trinajstić information content (AvgIpc) is 2.89. The molecule has 7 heteroatoms. The van der Waals surface area contributed by atoms with E-state index in [0.29, 0.717) is 12.5 Å². The fourth-order valence-electron chi connectivity index (χ4n) is 2.76. The highest BCUT2D eigenvalue weighted by molar-refractivity contribution is 5.45. The standard InChI is InChI=1S/C14H19N5O2/c1-18-12-7-19(13-4-14(21-3)16-9-15-13)6-10(8-20-2)11(12)5-17-18/h4-5,9-10H,6-8H2,1-3H3. The van der Waals surface area contributed by atoms with Crippen molar-refractivity contribution in [3.8, 4) is 5.88 Å². The van der Waals surface area contributed by atoms with E-state index in [-0.39, 0.29) is 5.92 Å². The zero-order valence-corrected chi connectivity index (χ0v) is 12.5. The highest BCUT2D eigenvalue weighted by Gasteiger charge is 2.29. The normalized spacial score (nSPS) is 17.7. The molecule has 2 aromatic heterocycles. The highest BCUT2D eigenvalue weighted by Crippen LogP contribution is 2.31. The van der Waals surface area contributed by atoms with Crippen LogP contribution in [0.25, 0.3) is 0 Å². The number of aromatic nitrogens is 4. The molecule has 1 aliphatic rings. The van der Waals surface area contributed by atoms with Crippen LogP contribution in [0.3, 0.4) is 0 Å². The zero-order chi connectivity index (χ0) is 14.8. The van der Waals surface area contributed by atoms with Crippen LogP contribution in [0.1, 0.15) is 17.2 Å². The lowest BCUT2D eigenvalue weighted by molar-refractivity contribution is 0.177. The Labute approximate surface area is 123 Å². The van der Waals surface area contributed by atoms with Gasteiger partial charge < -0.3 is 14.4 Å². The average molecular weight is 289 g/mol. The molecule has 7 nitrogen and oxygen atoms in total. The Hall–Kier alpha value is -2.15. The van der Waals surface area contributed by atoms with Gasteiger partial charge in [0.25, 0.3) is 0 Å². The lowest BCUT2D eigenvalue weighted by atomic mass is 9.95. The van der Waals surface area contributed by atoms with Gasteiger partial charge in [0.05, 0.1) is 32.2 Å². The van der Waals surface area contributed by atoms with Crippen LogP contribution >= 0.6 is 0 Å². The van der Waals surface area contributed by atoms with Gasteiger partial charge >= 0.3 is 0 Å². The van der Waals surface area contributed by atoms with E-state index in [4.69, 9.17) is 9.47 Å². The van der Waals surface area contributed by atoms with Gasteiger partial charge in [-0.05, 0) is 0 Å². The van der Waals surface area contributed by atoms with Crippen molar-refractivity contribution in [1.82, 2.24) is 19.7 Å². The summed E-state index contributed by atoms with van der Waals surface area (Å²) in [6.07, 6.45) is 3.47. The minimum atomic E-state index is 0.286. The summed E-state index contributed by atoms with van der Waals surface area (Å²) in [4.78, 5) is 10.6. The molecule has 3 heterocycles. The van der Waals surface area contributed by atoms with Crippen LogP contribution in [0.5, 0.6) is 5.88 Å². The van der Waals surface area contributed by atoms with Crippen molar-refractivity contribution in [2.24, 2.45) is 7.05 Å². The number of hydrogen-bond acceptors (Lipinski definition) is 6. The molecule has 0 saturated carbocycles. The Morgan fingerprint density at radius 3 is 2.95 bits per heavy atom. The van der Waals surface area contributed by atoms with Crippen molar-refractivity contribution in [3.63, 3.8) is 0 Å². The second-order valence-corrected chi connectivity index (χ2v) is 5.12. The van der Waals surface area contributed by atoms with E-state index in [1.807, 2.05) is 24.0 Å². The van der Waals surface area contributed by atoms with Gasteiger partial charge in [0, 0.05) is 38.2 Å². The first-order valence-corrected chi connectivity index (χ1v) is 6.83. The number of fused-ring (bicyclic) bond motifs is 1. The Kier molecular flexibility index (Phi) is 3.74. The molecular weight excluding hydrogens is 270 g/mol. The van der Waals surface area contributed by atoms with Crippen molar-refractivity contribution in [1.29, 1.82) is 0 Å². The van der Waals surface area contributed by atoms with E-state index in [1.54, 1.807) is 14.2 Å².